The van der Waals surface area contributed by atoms with Crippen molar-refractivity contribution in [2.45, 2.75) is 26.2 Å². The van der Waals surface area contributed by atoms with Crippen LogP contribution in [0.2, 0.25) is 0 Å². The van der Waals surface area contributed by atoms with E-state index in [4.69, 9.17) is 0 Å². The van der Waals surface area contributed by atoms with E-state index in [0.29, 0.717) is 17.4 Å². The summed E-state index contributed by atoms with van der Waals surface area (Å²) in [6.07, 6.45) is 3.92. The first-order valence-corrected chi connectivity index (χ1v) is 6.97. The number of rotatable bonds is 2. The van der Waals surface area contributed by atoms with Gasteiger partial charge in [-0.3, -0.25) is 4.79 Å². The molecule has 0 heterocycles. The molecule has 0 aliphatic heterocycles. The predicted octanol–water partition coefficient (Wildman–Crippen LogP) is 3.61. The zero-order valence-electron chi connectivity index (χ0n) is 10.5. The fourth-order valence-corrected chi connectivity index (χ4v) is 4.68. The number of benzene rings is 1. The highest BCUT2D eigenvalue weighted by Crippen LogP contribution is 2.69. The van der Waals surface area contributed by atoms with Gasteiger partial charge in [0.2, 0.25) is 0 Å². The van der Waals surface area contributed by atoms with E-state index < -0.39 is 0 Å². The van der Waals surface area contributed by atoms with Crippen LogP contribution in [0, 0.1) is 42.3 Å². The lowest BCUT2D eigenvalue weighted by Gasteiger charge is -2.09. The molecule has 1 aromatic rings. The lowest BCUT2D eigenvalue weighted by atomic mass is 9.95. The number of hydrogen-bond donors (Lipinski definition) is 0. The van der Waals surface area contributed by atoms with E-state index in [1.807, 2.05) is 6.92 Å². The van der Waals surface area contributed by atoms with E-state index >= 15 is 0 Å². The van der Waals surface area contributed by atoms with Crippen molar-refractivity contribution in [2.75, 3.05) is 0 Å². The van der Waals surface area contributed by atoms with Crippen LogP contribution in [0.1, 0.15) is 35.2 Å². The van der Waals surface area contributed by atoms with Crippen LogP contribution in [0.4, 0.5) is 4.39 Å². The lowest BCUT2D eigenvalue weighted by Crippen LogP contribution is -2.12. The monoisotopic (exact) mass is 244 g/mol. The van der Waals surface area contributed by atoms with Crippen molar-refractivity contribution in [1.82, 2.24) is 0 Å². The summed E-state index contributed by atoms with van der Waals surface area (Å²) in [6, 6.07) is 4.87. The van der Waals surface area contributed by atoms with Crippen LogP contribution in [0.25, 0.3) is 0 Å². The van der Waals surface area contributed by atoms with Gasteiger partial charge in [0.25, 0.3) is 0 Å². The Balaban J connectivity index is 1.64. The summed E-state index contributed by atoms with van der Waals surface area (Å²) in [5, 5.41) is 0. The number of aryl methyl sites for hydroxylation is 1. The van der Waals surface area contributed by atoms with Crippen LogP contribution < -0.4 is 0 Å². The molecule has 0 saturated heterocycles. The number of carbonyl (C=O) groups is 1. The summed E-state index contributed by atoms with van der Waals surface area (Å²) < 4.78 is 13.8. The molecule has 2 bridgehead atoms. The van der Waals surface area contributed by atoms with Gasteiger partial charge < -0.3 is 0 Å². The van der Waals surface area contributed by atoms with Crippen molar-refractivity contribution in [3.8, 4) is 0 Å². The van der Waals surface area contributed by atoms with E-state index in [1.165, 1.54) is 25.3 Å². The molecule has 3 saturated carbocycles. The Morgan fingerprint density at radius 2 is 1.89 bits per heavy atom. The minimum atomic E-state index is -0.345. The lowest BCUT2D eigenvalue weighted by molar-refractivity contribution is 0.0940. The second-order valence-electron chi connectivity index (χ2n) is 6.36. The molecular formula is C16H17FO. The van der Waals surface area contributed by atoms with Gasteiger partial charge in [-0.1, -0.05) is 11.6 Å². The van der Waals surface area contributed by atoms with Crippen LogP contribution in [-0.2, 0) is 0 Å². The minimum absolute atomic E-state index is 0.0720. The van der Waals surface area contributed by atoms with Gasteiger partial charge >= 0.3 is 0 Å². The topological polar surface area (TPSA) is 17.1 Å². The number of halogens is 1. The van der Waals surface area contributed by atoms with Gasteiger partial charge in [-0.2, -0.15) is 0 Å². The zero-order chi connectivity index (χ0) is 12.4. The Morgan fingerprint density at radius 1 is 1.22 bits per heavy atom. The van der Waals surface area contributed by atoms with E-state index in [9.17, 15) is 9.18 Å². The Hall–Kier alpha value is -1.18. The molecule has 2 heteroatoms. The van der Waals surface area contributed by atoms with Gasteiger partial charge in [0.15, 0.2) is 5.78 Å². The molecule has 3 aliphatic carbocycles. The maximum absolute atomic E-state index is 13.8. The molecule has 1 nitrogen and oxygen atoms in total. The van der Waals surface area contributed by atoms with Gasteiger partial charge in [0.05, 0.1) is 5.56 Å². The molecule has 0 aromatic heterocycles. The molecule has 0 spiro atoms. The number of ketones is 1. The smallest absolute Gasteiger partial charge is 0.169 e. The SMILES string of the molecule is Cc1ccc(F)c(C(=O)C2C3C4CCC(C4)C23)c1. The average molecular weight is 244 g/mol. The second kappa shape index (κ2) is 3.43. The maximum Gasteiger partial charge on any atom is 0.169 e. The molecule has 0 amide bonds. The maximum atomic E-state index is 13.8. The largest absolute Gasteiger partial charge is 0.294 e. The van der Waals surface area contributed by atoms with Gasteiger partial charge in [-0.25, -0.2) is 4.39 Å². The third kappa shape index (κ3) is 1.29. The molecule has 3 fully saturated rings. The number of fused-ring (bicyclic) bond motifs is 5. The molecule has 0 radical (unpaired) electrons. The highest BCUT2D eigenvalue weighted by Gasteiger charge is 2.67. The van der Waals surface area contributed by atoms with Gasteiger partial charge in [-0.15, -0.1) is 0 Å². The van der Waals surface area contributed by atoms with Crippen molar-refractivity contribution in [3.63, 3.8) is 0 Å². The van der Waals surface area contributed by atoms with Crippen molar-refractivity contribution >= 4 is 5.78 Å². The molecule has 3 aliphatic rings. The molecule has 4 rings (SSSR count). The van der Waals surface area contributed by atoms with E-state index in [1.54, 1.807) is 12.1 Å². The van der Waals surface area contributed by atoms with Gasteiger partial charge in [-0.05, 0) is 62.0 Å². The highest BCUT2D eigenvalue weighted by atomic mass is 19.1. The van der Waals surface area contributed by atoms with Crippen molar-refractivity contribution < 1.29 is 9.18 Å². The molecule has 4 unspecified atom stereocenters. The summed E-state index contributed by atoms with van der Waals surface area (Å²) >= 11 is 0. The zero-order valence-corrected chi connectivity index (χ0v) is 10.5. The van der Waals surface area contributed by atoms with Crippen molar-refractivity contribution in [1.29, 1.82) is 0 Å². The number of carbonyl (C=O) groups excluding carboxylic acids is 1. The predicted molar refractivity (Wildman–Crippen MR) is 66.8 cm³/mol. The van der Waals surface area contributed by atoms with Gasteiger partial charge in [0.1, 0.15) is 5.82 Å². The molecule has 0 N–H and O–H groups in total. The first-order valence-electron chi connectivity index (χ1n) is 6.97. The summed E-state index contributed by atoms with van der Waals surface area (Å²) in [7, 11) is 0. The average Bonchev–Trinajstić information content (AvgIpc) is 2.79. The van der Waals surface area contributed by atoms with E-state index in [2.05, 4.69) is 0 Å². The normalized spacial score (nSPS) is 39.8. The van der Waals surface area contributed by atoms with E-state index in [-0.39, 0.29) is 17.5 Å². The third-order valence-corrected chi connectivity index (χ3v) is 5.43. The first-order chi connectivity index (χ1) is 8.66. The molecular weight excluding hydrogens is 227 g/mol. The number of hydrogen-bond acceptors (Lipinski definition) is 1. The highest BCUT2D eigenvalue weighted by molar-refractivity contribution is 6.00. The Kier molecular flexibility index (Phi) is 2.04. The van der Waals surface area contributed by atoms with Gasteiger partial charge in [0, 0.05) is 5.92 Å². The molecule has 1 aromatic carbocycles. The Bertz CT molecular complexity index is 520. The minimum Gasteiger partial charge on any atom is -0.294 e. The van der Waals surface area contributed by atoms with Crippen LogP contribution in [-0.4, -0.2) is 5.78 Å². The summed E-state index contributed by atoms with van der Waals surface area (Å²) in [5.41, 5.74) is 1.29. The van der Waals surface area contributed by atoms with Crippen LogP contribution >= 0.6 is 0 Å². The fraction of sp³-hybridized carbons (Fsp3) is 0.562. The quantitative estimate of drug-likeness (QED) is 0.726. The van der Waals surface area contributed by atoms with Crippen molar-refractivity contribution in [3.05, 3.63) is 35.1 Å². The Morgan fingerprint density at radius 3 is 2.56 bits per heavy atom. The van der Waals surface area contributed by atoms with Crippen LogP contribution in [0.5, 0.6) is 0 Å². The summed E-state index contributed by atoms with van der Waals surface area (Å²) in [4.78, 5) is 12.5. The standard InChI is InChI=1S/C16H17FO/c1-8-2-5-12(17)11(6-8)16(18)15-13-9-3-4-10(7-9)14(13)15/h2,5-6,9-10,13-15H,3-4,7H2,1H3. The third-order valence-electron chi connectivity index (χ3n) is 5.43. The Labute approximate surface area is 106 Å². The summed E-state index contributed by atoms with van der Waals surface area (Å²) in [5.74, 6) is 2.59. The first kappa shape index (κ1) is 10.7. The van der Waals surface area contributed by atoms with E-state index in [0.717, 1.165) is 17.4 Å². The number of Topliss-reactive ketones (excluding diaryl/α,β-unsaturated/α-hetero) is 1. The van der Waals surface area contributed by atoms with Crippen molar-refractivity contribution in [2.24, 2.45) is 29.6 Å². The van der Waals surface area contributed by atoms with Crippen LogP contribution in [0.3, 0.4) is 0 Å². The molecule has 18 heavy (non-hydrogen) atoms. The second-order valence-corrected chi connectivity index (χ2v) is 6.36. The summed E-state index contributed by atoms with van der Waals surface area (Å²) in [6.45, 7) is 1.91. The van der Waals surface area contributed by atoms with Crippen LogP contribution in [0.15, 0.2) is 18.2 Å². The fourth-order valence-electron chi connectivity index (χ4n) is 4.68. The molecule has 94 valence electrons. The molecule has 4 atom stereocenters.